The van der Waals surface area contributed by atoms with Crippen LogP contribution in [-0.4, -0.2) is 38.2 Å². The third kappa shape index (κ3) is 4.55. The molecule has 0 N–H and O–H groups in total. The molecular weight excluding hydrogens is 384 g/mol. The van der Waals surface area contributed by atoms with Gasteiger partial charge in [-0.2, -0.15) is 5.10 Å². The first-order chi connectivity index (χ1) is 14.9. The molecule has 0 saturated carbocycles. The van der Waals surface area contributed by atoms with Gasteiger partial charge in [0.2, 0.25) is 0 Å². The van der Waals surface area contributed by atoms with Crippen LogP contribution in [-0.2, 0) is 13.5 Å². The third-order valence-electron chi connectivity index (χ3n) is 6.59. The van der Waals surface area contributed by atoms with Crippen LogP contribution in [0.2, 0.25) is 0 Å². The van der Waals surface area contributed by atoms with E-state index in [9.17, 15) is 4.79 Å². The van der Waals surface area contributed by atoms with Gasteiger partial charge in [-0.1, -0.05) is 30.7 Å². The zero-order valence-corrected chi connectivity index (χ0v) is 19.0. The lowest BCUT2D eigenvalue weighted by atomic mass is 9.86. The SMILES string of the molecule is Cc1ccc(-c2cnn(C)c2)c(C(=O)N2CCC[C@@H](C)[C@H]2CCc2ncccc2C)c1. The van der Waals surface area contributed by atoms with Crippen LogP contribution in [0.3, 0.4) is 0 Å². The van der Waals surface area contributed by atoms with Gasteiger partial charge < -0.3 is 4.90 Å². The minimum absolute atomic E-state index is 0.136. The number of benzene rings is 1. The minimum atomic E-state index is 0.136. The van der Waals surface area contributed by atoms with E-state index < -0.39 is 0 Å². The van der Waals surface area contributed by atoms with Gasteiger partial charge in [-0.3, -0.25) is 14.5 Å². The topological polar surface area (TPSA) is 51.0 Å². The largest absolute Gasteiger partial charge is 0.335 e. The Bertz CT molecular complexity index is 1070. The zero-order valence-electron chi connectivity index (χ0n) is 19.0. The smallest absolute Gasteiger partial charge is 0.254 e. The number of hydrogen-bond acceptors (Lipinski definition) is 3. The van der Waals surface area contributed by atoms with Gasteiger partial charge >= 0.3 is 0 Å². The number of carbonyl (C=O) groups is 1. The first kappa shape index (κ1) is 21.3. The predicted molar refractivity (Wildman–Crippen MR) is 124 cm³/mol. The summed E-state index contributed by atoms with van der Waals surface area (Å²) in [5.74, 6) is 0.616. The molecule has 1 aliphatic rings. The highest BCUT2D eigenvalue weighted by molar-refractivity contribution is 6.01. The van der Waals surface area contributed by atoms with Gasteiger partial charge in [-0.25, -0.2) is 0 Å². The van der Waals surface area contributed by atoms with E-state index in [0.29, 0.717) is 5.92 Å². The molecule has 0 unspecified atom stereocenters. The summed E-state index contributed by atoms with van der Waals surface area (Å²) in [4.78, 5) is 20.6. The maximum Gasteiger partial charge on any atom is 0.254 e. The lowest BCUT2D eigenvalue weighted by Gasteiger charge is -2.40. The molecule has 0 spiro atoms. The molecule has 1 fully saturated rings. The van der Waals surface area contributed by atoms with Crippen molar-refractivity contribution in [1.82, 2.24) is 19.7 Å². The summed E-state index contributed by atoms with van der Waals surface area (Å²) in [5, 5.41) is 4.31. The van der Waals surface area contributed by atoms with E-state index in [1.165, 1.54) is 12.0 Å². The fourth-order valence-corrected chi connectivity index (χ4v) is 4.81. The number of pyridine rings is 1. The van der Waals surface area contributed by atoms with Crippen molar-refractivity contribution in [2.45, 2.75) is 52.5 Å². The average Bonchev–Trinajstić information content (AvgIpc) is 3.19. The maximum atomic E-state index is 13.9. The number of piperidine rings is 1. The quantitative estimate of drug-likeness (QED) is 0.590. The Balaban J connectivity index is 1.63. The minimum Gasteiger partial charge on any atom is -0.335 e. The molecule has 1 aromatic carbocycles. The van der Waals surface area contributed by atoms with Crippen molar-refractivity contribution < 1.29 is 4.79 Å². The second-order valence-electron chi connectivity index (χ2n) is 8.94. The summed E-state index contributed by atoms with van der Waals surface area (Å²) in [5.41, 5.74) is 6.18. The Morgan fingerprint density at radius 1 is 1.23 bits per heavy atom. The van der Waals surface area contributed by atoms with Crippen LogP contribution in [0, 0.1) is 19.8 Å². The molecule has 2 aromatic heterocycles. The number of nitrogens with zero attached hydrogens (tertiary/aromatic N) is 4. The fraction of sp³-hybridized carbons (Fsp3) is 0.423. The van der Waals surface area contributed by atoms with Crippen LogP contribution in [0.25, 0.3) is 11.1 Å². The Labute approximate surface area is 185 Å². The second kappa shape index (κ2) is 9.04. The summed E-state index contributed by atoms with van der Waals surface area (Å²) >= 11 is 0. The Hall–Kier alpha value is -2.95. The maximum absolute atomic E-state index is 13.9. The van der Waals surface area contributed by atoms with Crippen LogP contribution in [0.4, 0.5) is 0 Å². The number of rotatable bonds is 5. The highest BCUT2D eigenvalue weighted by Gasteiger charge is 2.33. The van der Waals surface area contributed by atoms with Crippen molar-refractivity contribution in [3.63, 3.8) is 0 Å². The van der Waals surface area contributed by atoms with E-state index in [1.54, 1.807) is 4.68 Å². The molecule has 5 nitrogen and oxygen atoms in total. The number of aromatic nitrogens is 3. The van der Waals surface area contributed by atoms with Gasteiger partial charge in [-0.05, 0) is 68.7 Å². The summed E-state index contributed by atoms with van der Waals surface area (Å²) in [6.07, 6.45) is 9.73. The average molecular weight is 417 g/mol. The molecule has 162 valence electrons. The lowest BCUT2D eigenvalue weighted by Crippen LogP contribution is -2.48. The van der Waals surface area contributed by atoms with E-state index in [0.717, 1.165) is 53.8 Å². The zero-order chi connectivity index (χ0) is 22.0. The van der Waals surface area contributed by atoms with E-state index in [1.807, 2.05) is 44.7 Å². The van der Waals surface area contributed by atoms with Gasteiger partial charge in [0.05, 0.1) is 6.20 Å². The summed E-state index contributed by atoms with van der Waals surface area (Å²) < 4.78 is 1.78. The van der Waals surface area contributed by atoms with Crippen LogP contribution >= 0.6 is 0 Å². The summed E-state index contributed by atoms with van der Waals surface area (Å²) in [7, 11) is 1.90. The molecule has 1 amide bonds. The van der Waals surface area contributed by atoms with Gasteiger partial charge in [0, 0.05) is 48.8 Å². The van der Waals surface area contributed by atoms with Crippen molar-refractivity contribution in [1.29, 1.82) is 0 Å². The van der Waals surface area contributed by atoms with E-state index in [2.05, 4.69) is 47.0 Å². The molecule has 4 rings (SSSR count). The van der Waals surface area contributed by atoms with Crippen molar-refractivity contribution in [3.05, 3.63) is 71.3 Å². The number of aryl methyl sites for hydroxylation is 4. The van der Waals surface area contributed by atoms with Gasteiger partial charge in [0.25, 0.3) is 5.91 Å². The number of hydrogen-bond donors (Lipinski definition) is 0. The van der Waals surface area contributed by atoms with Gasteiger partial charge in [-0.15, -0.1) is 0 Å². The standard InChI is InChI=1S/C26H32N4O/c1-18-9-10-22(21-16-28-29(4)17-21)23(15-18)26(31)30-14-6-8-20(3)25(30)12-11-24-19(2)7-5-13-27-24/h5,7,9-10,13,15-17,20,25H,6,8,11-12,14H2,1-4H3/t20-,25-/m1/s1. The monoisotopic (exact) mass is 416 g/mol. The number of amides is 1. The second-order valence-corrected chi connectivity index (χ2v) is 8.94. The fourth-order valence-electron chi connectivity index (χ4n) is 4.81. The van der Waals surface area contributed by atoms with Gasteiger partial charge in [0.15, 0.2) is 0 Å². The predicted octanol–water partition coefficient (Wildman–Crippen LogP) is 4.97. The molecule has 5 heteroatoms. The molecule has 0 radical (unpaired) electrons. The van der Waals surface area contributed by atoms with Crippen LogP contribution < -0.4 is 0 Å². The van der Waals surface area contributed by atoms with Crippen LogP contribution in [0.5, 0.6) is 0 Å². The van der Waals surface area contributed by atoms with E-state index >= 15 is 0 Å². The normalized spacial score (nSPS) is 18.9. The van der Waals surface area contributed by atoms with Crippen molar-refractivity contribution in [2.75, 3.05) is 6.54 Å². The first-order valence-corrected chi connectivity index (χ1v) is 11.2. The Morgan fingerprint density at radius 3 is 2.81 bits per heavy atom. The lowest BCUT2D eigenvalue weighted by molar-refractivity contribution is 0.0499. The van der Waals surface area contributed by atoms with Crippen LogP contribution in [0.1, 0.15) is 53.4 Å². The molecule has 3 heterocycles. The van der Waals surface area contributed by atoms with Crippen LogP contribution in [0.15, 0.2) is 48.9 Å². The number of carbonyl (C=O) groups excluding carboxylic acids is 1. The molecule has 2 atom stereocenters. The molecule has 1 saturated heterocycles. The molecular formula is C26H32N4O. The Morgan fingerprint density at radius 2 is 2.06 bits per heavy atom. The Kier molecular flexibility index (Phi) is 6.21. The van der Waals surface area contributed by atoms with E-state index in [-0.39, 0.29) is 11.9 Å². The molecule has 3 aromatic rings. The molecule has 0 aliphatic carbocycles. The van der Waals surface area contributed by atoms with Crippen molar-refractivity contribution >= 4 is 5.91 Å². The summed E-state index contributed by atoms with van der Waals surface area (Å²) in [6.45, 7) is 7.26. The molecule has 1 aliphatic heterocycles. The summed E-state index contributed by atoms with van der Waals surface area (Å²) in [6, 6.07) is 10.5. The number of likely N-dealkylation sites (tertiary alicyclic amines) is 1. The molecule has 31 heavy (non-hydrogen) atoms. The highest BCUT2D eigenvalue weighted by atomic mass is 16.2. The van der Waals surface area contributed by atoms with E-state index in [4.69, 9.17) is 0 Å². The van der Waals surface area contributed by atoms with Gasteiger partial charge in [0.1, 0.15) is 0 Å². The third-order valence-corrected chi connectivity index (χ3v) is 6.59. The molecule has 0 bridgehead atoms. The van der Waals surface area contributed by atoms with Crippen molar-refractivity contribution in [3.8, 4) is 11.1 Å². The van der Waals surface area contributed by atoms with Crippen molar-refractivity contribution in [2.24, 2.45) is 13.0 Å². The highest BCUT2D eigenvalue weighted by Crippen LogP contribution is 2.31. The first-order valence-electron chi connectivity index (χ1n) is 11.2.